The number of hydrogen-bond donors (Lipinski definition) is 0. The van der Waals surface area contributed by atoms with Crippen LogP contribution in [0, 0.1) is 0 Å². The van der Waals surface area contributed by atoms with Crippen LogP contribution in [0.3, 0.4) is 0 Å². The smallest absolute Gasteiger partial charge is 0.158 e. The average Bonchev–Trinajstić information content (AvgIpc) is 2.13. The number of ketones is 1. The van der Waals surface area contributed by atoms with Gasteiger partial charge in [-0.25, -0.2) is 0 Å². The van der Waals surface area contributed by atoms with Gasteiger partial charge >= 0.3 is 0 Å². The predicted octanol–water partition coefficient (Wildman–Crippen LogP) is 2.47. The van der Waals surface area contributed by atoms with E-state index >= 15 is 0 Å². The molecule has 0 unspecified atom stereocenters. The van der Waals surface area contributed by atoms with Crippen molar-refractivity contribution in [3.05, 3.63) is 11.6 Å². The molecule has 1 nitrogen and oxygen atoms in total. The van der Waals surface area contributed by atoms with E-state index in [0.717, 1.165) is 31.3 Å². The second-order valence-corrected chi connectivity index (χ2v) is 2.75. The van der Waals surface area contributed by atoms with Gasteiger partial charge in [0.25, 0.3) is 0 Å². The molecule has 1 aliphatic rings. The van der Waals surface area contributed by atoms with Crippen molar-refractivity contribution in [1.29, 1.82) is 0 Å². The van der Waals surface area contributed by atoms with Crippen molar-refractivity contribution < 1.29 is 4.79 Å². The molecule has 0 atom stereocenters. The Hall–Kier alpha value is -0.590. The zero-order valence-electron chi connectivity index (χ0n) is 6.52. The van der Waals surface area contributed by atoms with Crippen molar-refractivity contribution in [3.8, 4) is 0 Å². The summed E-state index contributed by atoms with van der Waals surface area (Å²) < 4.78 is 0. The fourth-order valence-electron chi connectivity index (χ4n) is 1.32. The van der Waals surface area contributed by atoms with E-state index in [1.54, 1.807) is 0 Å². The Balaban J connectivity index is 2.62. The number of carbonyl (C=O) groups is 1. The fraction of sp³-hybridized carbons (Fsp3) is 0.667. The van der Waals surface area contributed by atoms with Crippen LogP contribution in [0.5, 0.6) is 0 Å². The number of Topliss-reactive ketones (excluding diaryl/α,β-unsaturated/α-hetero) is 1. The van der Waals surface area contributed by atoms with Gasteiger partial charge in [0.15, 0.2) is 5.78 Å². The summed E-state index contributed by atoms with van der Waals surface area (Å²) in [4.78, 5) is 11.2. The number of rotatable bonds is 1. The lowest BCUT2D eigenvalue weighted by atomic mass is 10.1. The molecule has 56 valence electrons. The standard InChI is InChI=1S/C9H14O/c1-2-8-6-4-3-5-7-9(8)10/h6H,2-5,7H2,1H3. The van der Waals surface area contributed by atoms with E-state index in [-0.39, 0.29) is 0 Å². The van der Waals surface area contributed by atoms with E-state index in [1.165, 1.54) is 6.42 Å². The lowest BCUT2D eigenvalue weighted by Gasteiger charge is -1.96. The van der Waals surface area contributed by atoms with E-state index < -0.39 is 0 Å². The first-order valence-corrected chi connectivity index (χ1v) is 4.07. The highest BCUT2D eigenvalue weighted by Crippen LogP contribution is 2.15. The van der Waals surface area contributed by atoms with Crippen LogP contribution in [0.2, 0.25) is 0 Å². The molecule has 1 heteroatoms. The SMILES string of the molecule is CCC1=CCCCCC1=O. The summed E-state index contributed by atoms with van der Waals surface area (Å²) in [6, 6.07) is 0. The van der Waals surface area contributed by atoms with Crippen LogP contribution in [-0.2, 0) is 4.79 Å². The van der Waals surface area contributed by atoms with Crippen LogP contribution in [0.4, 0.5) is 0 Å². The molecule has 0 bridgehead atoms. The van der Waals surface area contributed by atoms with Gasteiger partial charge in [-0.05, 0) is 31.3 Å². The van der Waals surface area contributed by atoms with Gasteiger partial charge in [0.05, 0.1) is 0 Å². The van der Waals surface area contributed by atoms with Gasteiger partial charge in [0.1, 0.15) is 0 Å². The summed E-state index contributed by atoms with van der Waals surface area (Å²) in [7, 11) is 0. The summed E-state index contributed by atoms with van der Waals surface area (Å²) in [5.41, 5.74) is 1.05. The first-order valence-electron chi connectivity index (χ1n) is 4.07. The molecule has 0 saturated heterocycles. The molecule has 1 rings (SSSR count). The van der Waals surface area contributed by atoms with E-state index in [9.17, 15) is 4.79 Å². The normalized spacial score (nSPS) is 20.1. The Kier molecular flexibility index (Phi) is 2.67. The zero-order valence-corrected chi connectivity index (χ0v) is 6.52. The van der Waals surface area contributed by atoms with Gasteiger partial charge in [-0.15, -0.1) is 0 Å². The molecular formula is C9H14O. The average molecular weight is 138 g/mol. The second kappa shape index (κ2) is 3.55. The molecular weight excluding hydrogens is 124 g/mol. The first kappa shape index (κ1) is 7.52. The molecule has 0 aromatic rings. The zero-order chi connectivity index (χ0) is 7.40. The minimum atomic E-state index is 0.375. The molecule has 0 radical (unpaired) electrons. The van der Waals surface area contributed by atoms with Gasteiger partial charge in [0.2, 0.25) is 0 Å². The maximum atomic E-state index is 11.2. The van der Waals surface area contributed by atoms with Gasteiger partial charge in [-0.2, -0.15) is 0 Å². The highest BCUT2D eigenvalue weighted by molar-refractivity contribution is 5.95. The van der Waals surface area contributed by atoms with E-state index in [4.69, 9.17) is 0 Å². The van der Waals surface area contributed by atoms with Crippen LogP contribution in [0.15, 0.2) is 11.6 Å². The molecule has 1 aliphatic carbocycles. The second-order valence-electron chi connectivity index (χ2n) is 2.75. The monoisotopic (exact) mass is 138 g/mol. The Morgan fingerprint density at radius 2 is 2.30 bits per heavy atom. The maximum absolute atomic E-state index is 11.2. The van der Waals surface area contributed by atoms with E-state index in [2.05, 4.69) is 13.0 Å². The Bertz CT molecular complexity index is 156. The van der Waals surface area contributed by atoms with Gasteiger partial charge < -0.3 is 0 Å². The number of allylic oxidation sites excluding steroid dienone is 2. The molecule has 0 spiro atoms. The topological polar surface area (TPSA) is 17.1 Å². The predicted molar refractivity (Wildman–Crippen MR) is 41.8 cm³/mol. The molecule has 0 N–H and O–H groups in total. The van der Waals surface area contributed by atoms with Crippen molar-refractivity contribution in [2.45, 2.75) is 39.0 Å². The number of hydrogen-bond acceptors (Lipinski definition) is 1. The van der Waals surface area contributed by atoms with Crippen LogP contribution in [0.25, 0.3) is 0 Å². The summed E-state index contributed by atoms with van der Waals surface area (Å²) in [6.07, 6.45) is 7.18. The summed E-state index contributed by atoms with van der Waals surface area (Å²) >= 11 is 0. The molecule has 0 amide bonds. The third-order valence-electron chi connectivity index (χ3n) is 1.99. The number of carbonyl (C=O) groups excluding carboxylic acids is 1. The van der Waals surface area contributed by atoms with Crippen LogP contribution < -0.4 is 0 Å². The molecule has 0 saturated carbocycles. The summed E-state index contributed by atoms with van der Waals surface area (Å²) in [5, 5.41) is 0. The third-order valence-corrected chi connectivity index (χ3v) is 1.99. The molecule has 0 fully saturated rings. The fourth-order valence-corrected chi connectivity index (χ4v) is 1.32. The highest BCUT2D eigenvalue weighted by Gasteiger charge is 2.09. The maximum Gasteiger partial charge on any atom is 0.158 e. The van der Waals surface area contributed by atoms with Crippen molar-refractivity contribution in [2.75, 3.05) is 0 Å². The van der Waals surface area contributed by atoms with Crippen molar-refractivity contribution in [3.63, 3.8) is 0 Å². The van der Waals surface area contributed by atoms with Gasteiger partial charge in [0, 0.05) is 6.42 Å². The first-order chi connectivity index (χ1) is 4.84. The Morgan fingerprint density at radius 1 is 1.50 bits per heavy atom. The van der Waals surface area contributed by atoms with Crippen LogP contribution in [-0.4, -0.2) is 5.78 Å². The van der Waals surface area contributed by atoms with E-state index in [1.807, 2.05) is 0 Å². The Morgan fingerprint density at radius 3 is 3.00 bits per heavy atom. The van der Waals surface area contributed by atoms with Crippen molar-refractivity contribution >= 4 is 5.78 Å². The van der Waals surface area contributed by atoms with Gasteiger partial charge in [-0.3, -0.25) is 4.79 Å². The molecule has 0 heterocycles. The molecule has 10 heavy (non-hydrogen) atoms. The molecule has 0 aromatic carbocycles. The molecule has 0 aromatic heterocycles. The van der Waals surface area contributed by atoms with E-state index in [0.29, 0.717) is 5.78 Å². The highest BCUT2D eigenvalue weighted by atomic mass is 16.1. The summed E-state index contributed by atoms with van der Waals surface area (Å²) in [5.74, 6) is 0.375. The summed E-state index contributed by atoms with van der Waals surface area (Å²) in [6.45, 7) is 2.05. The van der Waals surface area contributed by atoms with Gasteiger partial charge in [-0.1, -0.05) is 13.0 Å². The molecule has 0 aliphatic heterocycles. The largest absolute Gasteiger partial charge is 0.295 e. The third kappa shape index (κ3) is 1.69. The Labute approximate surface area is 62.1 Å². The van der Waals surface area contributed by atoms with Crippen LogP contribution in [0.1, 0.15) is 39.0 Å². The van der Waals surface area contributed by atoms with Crippen molar-refractivity contribution in [1.82, 2.24) is 0 Å². The lowest BCUT2D eigenvalue weighted by Crippen LogP contribution is -1.98. The van der Waals surface area contributed by atoms with Crippen LogP contribution >= 0.6 is 0 Å². The lowest BCUT2D eigenvalue weighted by molar-refractivity contribution is -0.115. The van der Waals surface area contributed by atoms with Crippen molar-refractivity contribution in [2.24, 2.45) is 0 Å². The minimum Gasteiger partial charge on any atom is -0.295 e. The minimum absolute atomic E-state index is 0.375. The quantitative estimate of drug-likeness (QED) is 0.544.